The highest BCUT2D eigenvalue weighted by molar-refractivity contribution is 5.47. The van der Waals surface area contributed by atoms with Crippen LogP contribution in [0.2, 0.25) is 0 Å². The van der Waals surface area contributed by atoms with Crippen molar-refractivity contribution in [2.45, 2.75) is 13.5 Å². The maximum absolute atomic E-state index is 13.5. The van der Waals surface area contributed by atoms with Crippen molar-refractivity contribution < 1.29 is 13.9 Å². The Hall–Kier alpha value is -2.17. The standard InChI is InChI=1S/C13H12F2N2O/c1-8-4-12(15)13(5-11(8)14)17-6-9-2-3-10(18)7-16-9/h2-5,7,17-18H,6H2,1H3. The van der Waals surface area contributed by atoms with Gasteiger partial charge in [0.25, 0.3) is 0 Å². The lowest BCUT2D eigenvalue weighted by Crippen LogP contribution is -2.04. The number of hydrogen-bond donors (Lipinski definition) is 2. The summed E-state index contributed by atoms with van der Waals surface area (Å²) >= 11 is 0. The lowest BCUT2D eigenvalue weighted by atomic mass is 10.2. The highest BCUT2D eigenvalue weighted by Crippen LogP contribution is 2.19. The van der Waals surface area contributed by atoms with E-state index in [0.29, 0.717) is 5.69 Å². The van der Waals surface area contributed by atoms with Crippen molar-refractivity contribution in [1.82, 2.24) is 4.98 Å². The van der Waals surface area contributed by atoms with E-state index in [1.54, 1.807) is 6.07 Å². The zero-order chi connectivity index (χ0) is 13.1. The van der Waals surface area contributed by atoms with Crippen molar-refractivity contribution in [2.75, 3.05) is 5.32 Å². The number of pyridine rings is 1. The molecule has 0 saturated carbocycles. The highest BCUT2D eigenvalue weighted by atomic mass is 19.1. The van der Waals surface area contributed by atoms with Gasteiger partial charge in [-0.1, -0.05) is 0 Å². The molecule has 0 radical (unpaired) electrons. The second kappa shape index (κ2) is 5.00. The minimum absolute atomic E-state index is 0.0614. The average Bonchev–Trinajstić information content (AvgIpc) is 2.34. The van der Waals surface area contributed by atoms with E-state index in [2.05, 4.69) is 10.3 Å². The lowest BCUT2D eigenvalue weighted by molar-refractivity contribution is 0.472. The van der Waals surface area contributed by atoms with Crippen molar-refractivity contribution in [3.8, 4) is 5.75 Å². The minimum atomic E-state index is -0.507. The fraction of sp³-hybridized carbons (Fsp3) is 0.154. The smallest absolute Gasteiger partial charge is 0.146 e. The van der Waals surface area contributed by atoms with Gasteiger partial charge in [-0.25, -0.2) is 8.78 Å². The van der Waals surface area contributed by atoms with Crippen molar-refractivity contribution in [3.63, 3.8) is 0 Å². The molecule has 0 fully saturated rings. The second-order valence-corrected chi connectivity index (χ2v) is 3.94. The molecule has 1 aromatic carbocycles. The SMILES string of the molecule is Cc1cc(F)c(NCc2ccc(O)cn2)cc1F. The van der Waals surface area contributed by atoms with Crippen LogP contribution in [0.15, 0.2) is 30.5 Å². The summed E-state index contributed by atoms with van der Waals surface area (Å²) in [5, 5.41) is 11.8. The molecule has 94 valence electrons. The van der Waals surface area contributed by atoms with Crippen LogP contribution in [0.3, 0.4) is 0 Å². The number of aryl methyl sites for hydroxylation is 1. The van der Waals surface area contributed by atoms with Crippen LogP contribution < -0.4 is 5.32 Å². The van der Waals surface area contributed by atoms with Gasteiger partial charge in [0.15, 0.2) is 0 Å². The van der Waals surface area contributed by atoms with E-state index < -0.39 is 11.6 Å². The summed E-state index contributed by atoms with van der Waals surface area (Å²) in [4.78, 5) is 3.93. The number of anilines is 1. The maximum Gasteiger partial charge on any atom is 0.146 e. The predicted molar refractivity (Wildman–Crippen MR) is 64.3 cm³/mol. The molecule has 1 aromatic heterocycles. The number of benzene rings is 1. The third-order valence-electron chi connectivity index (χ3n) is 2.52. The van der Waals surface area contributed by atoms with Crippen LogP contribution in [0.1, 0.15) is 11.3 Å². The summed E-state index contributed by atoms with van der Waals surface area (Å²) in [7, 11) is 0. The monoisotopic (exact) mass is 250 g/mol. The Kier molecular flexibility index (Phi) is 3.41. The molecule has 2 N–H and O–H groups in total. The number of aromatic hydroxyl groups is 1. The Morgan fingerprint density at radius 1 is 1.22 bits per heavy atom. The molecule has 3 nitrogen and oxygen atoms in total. The molecule has 5 heteroatoms. The van der Waals surface area contributed by atoms with Gasteiger partial charge in [0.1, 0.15) is 17.4 Å². The van der Waals surface area contributed by atoms with Gasteiger partial charge >= 0.3 is 0 Å². The van der Waals surface area contributed by atoms with Gasteiger partial charge < -0.3 is 10.4 Å². The lowest BCUT2D eigenvalue weighted by Gasteiger charge is -2.08. The fourth-order valence-corrected chi connectivity index (χ4v) is 1.49. The molecule has 0 saturated heterocycles. The summed E-state index contributed by atoms with van der Waals surface area (Å²) < 4.78 is 26.8. The van der Waals surface area contributed by atoms with Crippen LogP contribution in [0.5, 0.6) is 5.75 Å². The summed E-state index contributed by atoms with van der Waals surface area (Å²) in [5.74, 6) is -0.906. The molecule has 0 bridgehead atoms. The Balaban J connectivity index is 2.10. The van der Waals surface area contributed by atoms with E-state index in [-0.39, 0.29) is 23.5 Å². The number of hydrogen-bond acceptors (Lipinski definition) is 3. The Labute approximate surface area is 103 Å². The van der Waals surface area contributed by atoms with Gasteiger partial charge in [-0.3, -0.25) is 4.98 Å². The first kappa shape index (κ1) is 12.3. The van der Waals surface area contributed by atoms with Gasteiger partial charge in [-0.2, -0.15) is 0 Å². The third-order valence-corrected chi connectivity index (χ3v) is 2.52. The highest BCUT2D eigenvalue weighted by Gasteiger charge is 2.07. The molecular formula is C13H12F2N2O. The van der Waals surface area contributed by atoms with Gasteiger partial charge in [0.2, 0.25) is 0 Å². The molecule has 1 heterocycles. The van der Waals surface area contributed by atoms with Crippen molar-refractivity contribution in [2.24, 2.45) is 0 Å². The number of nitrogens with zero attached hydrogens (tertiary/aromatic N) is 1. The first-order valence-electron chi connectivity index (χ1n) is 5.39. The van der Waals surface area contributed by atoms with Crippen LogP contribution in [-0.4, -0.2) is 10.1 Å². The zero-order valence-electron chi connectivity index (χ0n) is 9.74. The van der Waals surface area contributed by atoms with E-state index in [9.17, 15) is 8.78 Å². The average molecular weight is 250 g/mol. The summed E-state index contributed by atoms with van der Waals surface area (Å²) in [6, 6.07) is 5.34. The molecule has 0 amide bonds. The van der Waals surface area contributed by atoms with Crippen molar-refractivity contribution in [3.05, 3.63) is 53.4 Å². The number of halogens is 2. The maximum atomic E-state index is 13.5. The number of rotatable bonds is 3. The van der Waals surface area contributed by atoms with Crippen LogP contribution in [0.4, 0.5) is 14.5 Å². The van der Waals surface area contributed by atoms with Gasteiger partial charge in [0.05, 0.1) is 24.1 Å². The fourth-order valence-electron chi connectivity index (χ4n) is 1.49. The normalized spacial score (nSPS) is 10.4. The number of aromatic nitrogens is 1. The Morgan fingerprint density at radius 3 is 2.67 bits per heavy atom. The van der Waals surface area contributed by atoms with Crippen LogP contribution in [0, 0.1) is 18.6 Å². The Morgan fingerprint density at radius 2 is 2.00 bits per heavy atom. The van der Waals surface area contributed by atoms with E-state index >= 15 is 0 Å². The minimum Gasteiger partial charge on any atom is -0.506 e. The van der Waals surface area contributed by atoms with Crippen molar-refractivity contribution >= 4 is 5.69 Å². The van der Waals surface area contributed by atoms with Gasteiger partial charge in [0, 0.05) is 6.07 Å². The van der Waals surface area contributed by atoms with Crippen molar-refractivity contribution in [1.29, 1.82) is 0 Å². The molecule has 0 spiro atoms. The van der Waals surface area contributed by atoms with E-state index in [0.717, 1.165) is 12.1 Å². The van der Waals surface area contributed by atoms with Gasteiger partial charge in [-0.15, -0.1) is 0 Å². The van der Waals surface area contributed by atoms with Crippen LogP contribution >= 0.6 is 0 Å². The first-order chi connectivity index (χ1) is 8.56. The molecular weight excluding hydrogens is 238 g/mol. The van der Waals surface area contributed by atoms with E-state index in [1.165, 1.54) is 19.2 Å². The molecule has 0 aliphatic heterocycles. The van der Waals surface area contributed by atoms with Crippen LogP contribution in [-0.2, 0) is 6.54 Å². The Bertz CT molecular complexity index is 556. The molecule has 0 aliphatic rings. The second-order valence-electron chi connectivity index (χ2n) is 3.94. The summed E-state index contributed by atoms with van der Waals surface area (Å²) in [6.07, 6.45) is 1.29. The quantitative estimate of drug-likeness (QED) is 0.880. The molecule has 0 aliphatic carbocycles. The number of nitrogens with one attached hydrogen (secondary N) is 1. The van der Waals surface area contributed by atoms with Crippen LogP contribution in [0.25, 0.3) is 0 Å². The first-order valence-corrected chi connectivity index (χ1v) is 5.39. The molecule has 2 rings (SSSR count). The van der Waals surface area contributed by atoms with E-state index in [1.807, 2.05) is 0 Å². The molecule has 2 aromatic rings. The molecule has 18 heavy (non-hydrogen) atoms. The predicted octanol–water partition coefficient (Wildman–Crippen LogP) is 2.99. The molecule has 0 atom stereocenters. The summed E-state index contributed by atoms with van der Waals surface area (Å²) in [5.41, 5.74) is 0.974. The largest absolute Gasteiger partial charge is 0.506 e. The third kappa shape index (κ3) is 2.74. The van der Waals surface area contributed by atoms with E-state index in [4.69, 9.17) is 5.11 Å². The summed E-state index contributed by atoms with van der Waals surface area (Å²) in [6.45, 7) is 1.75. The molecule has 0 unspecified atom stereocenters. The zero-order valence-corrected chi connectivity index (χ0v) is 9.74. The van der Waals surface area contributed by atoms with Gasteiger partial charge in [-0.05, 0) is 30.7 Å². The topological polar surface area (TPSA) is 45.1 Å².